The van der Waals surface area contributed by atoms with E-state index in [1.54, 1.807) is 0 Å². The molecule has 0 bridgehead atoms. The van der Waals surface area contributed by atoms with Crippen molar-refractivity contribution >= 4 is 45.8 Å². The first-order chi connectivity index (χ1) is 13.1. The van der Waals surface area contributed by atoms with Gasteiger partial charge in [-0.1, -0.05) is 30.3 Å². The van der Waals surface area contributed by atoms with Crippen molar-refractivity contribution in [3.63, 3.8) is 0 Å². The van der Waals surface area contributed by atoms with Crippen molar-refractivity contribution in [2.45, 2.75) is 6.92 Å². The fraction of sp³-hybridized carbons (Fsp3) is 0.333. The molecule has 0 aliphatic carbocycles. The van der Waals surface area contributed by atoms with Crippen LogP contribution in [0.4, 0.5) is 5.69 Å². The van der Waals surface area contributed by atoms with Crippen LogP contribution in [0.5, 0.6) is 0 Å². The molecule has 7 heteroatoms. The highest BCUT2D eigenvalue weighted by Crippen LogP contribution is 2.31. The summed E-state index contributed by atoms with van der Waals surface area (Å²) in [5.74, 6) is -0.117. The van der Waals surface area contributed by atoms with Crippen molar-refractivity contribution in [1.29, 1.82) is 0 Å². The largest absolute Gasteiger partial charge is 0.398 e. The Balaban J connectivity index is 0.00000225. The first-order valence-corrected chi connectivity index (χ1v) is 9.31. The summed E-state index contributed by atoms with van der Waals surface area (Å²) < 4.78 is 5.35. The normalized spacial score (nSPS) is 14.8. The lowest BCUT2D eigenvalue weighted by Gasteiger charge is -2.26. The van der Waals surface area contributed by atoms with Crippen LogP contribution in [0.25, 0.3) is 21.8 Å². The van der Waals surface area contributed by atoms with Crippen LogP contribution in [0.3, 0.4) is 0 Å². The van der Waals surface area contributed by atoms with Crippen molar-refractivity contribution in [3.8, 4) is 0 Å². The van der Waals surface area contributed by atoms with E-state index in [9.17, 15) is 4.79 Å². The van der Waals surface area contributed by atoms with Crippen LogP contribution < -0.4 is 11.1 Å². The fourth-order valence-electron chi connectivity index (χ4n) is 3.59. The molecule has 148 valence electrons. The standard InChI is InChI=1S/C21H24N4O2.ClH/c1-14-4-2-5-15-18(22)16-6-3-7-17(20(16)24-19(14)15)21(26)23-8-9-25-10-12-27-13-11-25;/h2-7H,8-13H2,1H3,(H2,22,24)(H,23,26);1H. The van der Waals surface area contributed by atoms with Gasteiger partial charge < -0.3 is 15.8 Å². The maximum absolute atomic E-state index is 12.8. The Bertz CT molecular complexity index is 1000. The molecule has 3 aromatic rings. The van der Waals surface area contributed by atoms with E-state index in [1.807, 2.05) is 43.3 Å². The number of nitrogens with zero attached hydrogens (tertiary/aromatic N) is 2. The minimum atomic E-state index is -0.117. The van der Waals surface area contributed by atoms with Gasteiger partial charge in [0.05, 0.1) is 35.5 Å². The number of morpholine rings is 1. The van der Waals surface area contributed by atoms with E-state index in [2.05, 4.69) is 10.2 Å². The van der Waals surface area contributed by atoms with Crippen molar-refractivity contribution in [3.05, 3.63) is 47.5 Å². The minimum absolute atomic E-state index is 0. The number of nitrogen functional groups attached to an aromatic ring is 1. The number of carbonyl (C=O) groups excluding carboxylic acids is 1. The van der Waals surface area contributed by atoms with E-state index in [1.165, 1.54) is 0 Å². The number of nitrogens with two attached hydrogens (primary N) is 1. The molecule has 1 amide bonds. The lowest BCUT2D eigenvalue weighted by atomic mass is 10.0. The Labute approximate surface area is 170 Å². The van der Waals surface area contributed by atoms with Crippen molar-refractivity contribution < 1.29 is 9.53 Å². The number of ether oxygens (including phenoxy) is 1. The van der Waals surface area contributed by atoms with Gasteiger partial charge in [-0.15, -0.1) is 12.4 Å². The molecule has 1 aliphatic heterocycles. The predicted molar refractivity (Wildman–Crippen MR) is 115 cm³/mol. The summed E-state index contributed by atoms with van der Waals surface area (Å²) >= 11 is 0. The molecule has 0 radical (unpaired) electrons. The number of benzene rings is 2. The number of halogens is 1. The van der Waals surface area contributed by atoms with Crippen LogP contribution in [0, 0.1) is 6.92 Å². The topological polar surface area (TPSA) is 80.5 Å². The van der Waals surface area contributed by atoms with Crippen LogP contribution in [-0.2, 0) is 4.74 Å². The number of fused-ring (bicyclic) bond motifs is 2. The molecule has 0 saturated carbocycles. The molecule has 6 nitrogen and oxygen atoms in total. The number of pyridine rings is 1. The summed E-state index contributed by atoms with van der Waals surface area (Å²) in [5.41, 5.74) is 10.2. The quantitative estimate of drug-likeness (QED) is 0.658. The van der Waals surface area contributed by atoms with E-state index in [0.717, 1.165) is 54.7 Å². The van der Waals surface area contributed by atoms with Gasteiger partial charge in [-0.3, -0.25) is 9.69 Å². The smallest absolute Gasteiger partial charge is 0.253 e. The van der Waals surface area contributed by atoms with Crippen molar-refractivity contribution in [2.24, 2.45) is 0 Å². The number of para-hydroxylation sites is 2. The lowest BCUT2D eigenvalue weighted by molar-refractivity contribution is 0.0383. The minimum Gasteiger partial charge on any atom is -0.398 e. The number of amides is 1. The van der Waals surface area contributed by atoms with Crippen LogP contribution in [0.15, 0.2) is 36.4 Å². The number of carbonyl (C=O) groups is 1. The highest BCUT2D eigenvalue weighted by molar-refractivity contribution is 6.13. The first kappa shape index (κ1) is 20.3. The molecular weight excluding hydrogens is 376 g/mol. The zero-order valence-corrected chi connectivity index (χ0v) is 16.7. The molecule has 0 atom stereocenters. The molecule has 1 fully saturated rings. The second-order valence-electron chi connectivity index (χ2n) is 6.91. The van der Waals surface area contributed by atoms with Gasteiger partial charge in [0.1, 0.15) is 0 Å². The third-order valence-corrected chi connectivity index (χ3v) is 5.14. The molecule has 0 spiro atoms. The van der Waals surface area contributed by atoms with E-state index in [0.29, 0.717) is 23.3 Å². The summed E-state index contributed by atoms with van der Waals surface area (Å²) in [5, 5.41) is 4.76. The Morgan fingerprint density at radius 1 is 1.14 bits per heavy atom. The molecular formula is C21H25ClN4O2. The van der Waals surface area contributed by atoms with Gasteiger partial charge >= 0.3 is 0 Å². The van der Waals surface area contributed by atoms with Gasteiger partial charge in [-0.25, -0.2) is 4.98 Å². The molecule has 1 aromatic heterocycles. The van der Waals surface area contributed by atoms with E-state index in [-0.39, 0.29) is 18.3 Å². The monoisotopic (exact) mass is 400 g/mol. The molecule has 28 heavy (non-hydrogen) atoms. The highest BCUT2D eigenvalue weighted by atomic mass is 35.5. The van der Waals surface area contributed by atoms with Gasteiger partial charge in [0.15, 0.2) is 0 Å². The number of hydrogen-bond acceptors (Lipinski definition) is 5. The Hall–Kier alpha value is -2.41. The van der Waals surface area contributed by atoms with Gasteiger partial charge in [0.2, 0.25) is 0 Å². The molecule has 0 unspecified atom stereocenters. The van der Waals surface area contributed by atoms with Crippen molar-refractivity contribution in [1.82, 2.24) is 15.2 Å². The van der Waals surface area contributed by atoms with Gasteiger partial charge in [0, 0.05) is 37.0 Å². The second-order valence-corrected chi connectivity index (χ2v) is 6.91. The van der Waals surface area contributed by atoms with Crippen LogP contribution in [0.1, 0.15) is 15.9 Å². The average molecular weight is 401 g/mol. The van der Waals surface area contributed by atoms with Gasteiger partial charge in [-0.05, 0) is 18.6 Å². The maximum atomic E-state index is 12.8. The molecule has 3 N–H and O–H groups in total. The third-order valence-electron chi connectivity index (χ3n) is 5.14. The van der Waals surface area contributed by atoms with E-state index < -0.39 is 0 Å². The number of nitrogens with one attached hydrogen (secondary N) is 1. The Morgan fingerprint density at radius 3 is 2.57 bits per heavy atom. The molecule has 1 saturated heterocycles. The lowest BCUT2D eigenvalue weighted by Crippen LogP contribution is -2.41. The summed E-state index contributed by atoms with van der Waals surface area (Å²) in [6.45, 7) is 6.75. The Kier molecular flexibility index (Phi) is 6.34. The highest BCUT2D eigenvalue weighted by Gasteiger charge is 2.16. The van der Waals surface area contributed by atoms with E-state index in [4.69, 9.17) is 15.5 Å². The maximum Gasteiger partial charge on any atom is 0.253 e. The third kappa shape index (κ3) is 3.90. The van der Waals surface area contributed by atoms with Crippen molar-refractivity contribution in [2.75, 3.05) is 45.1 Å². The zero-order valence-electron chi connectivity index (χ0n) is 15.9. The van der Waals surface area contributed by atoms with E-state index >= 15 is 0 Å². The number of aryl methyl sites for hydroxylation is 1. The number of anilines is 1. The zero-order chi connectivity index (χ0) is 18.8. The van der Waals surface area contributed by atoms with Crippen LogP contribution in [0.2, 0.25) is 0 Å². The molecule has 2 heterocycles. The molecule has 4 rings (SSSR count). The summed E-state index contributed by atoms with van der Waals surface area (Å²) in [7, 11) is 0. The fourth-order valence-corrected chi connectivity index (χ4v) is 3.59. The predicted octanol–water partition coefficient (Wildman–Crippen LogP) is 2.76. The van der Waals surface area contributed by atoms with Crippen LogP contribution in [-0.4, -0.2) is 55.2 Å². The molecule has 2 aromatic carbocycles. The van der Waals surface area contributed by atoms with Gasteiger partial charge in [0.25, 0.3) is 5.91 Å². The first-order valence-electron chi connectivity index (χ1n) is 9.31. The summed E-state index contributed by atoms with van der Waals surface area (Å²) in [6, 6.07) is 11.5. The van der Waals surface area contributed by atoms with Crippen LogP contribution >= 0.6 is 12.4 Å². The molecule has 1 aliphatic rings. The Morgan fingerprint density at radius 2 is 1.82 bits per heavy atom. The summed E-state index contributed by atoms with van der Waals surface area (Å²) in [4.78, 5) is 19.9. The van der Waals surface area contributed by atoms with Gasteiger partial charge in [-0.2, -0.15) is 0 Å². The number of aromatic nitrogens is 1. The average Bonchev–Trinajstić information content (AvgIpc) is 2.69. The summed E-state index contributed by atoms with van der Waals surface area (Å²) in [6.07, 6.45) is 0. The second kappa shape index (κ2) is 8.73. The SMILES string of the molecule is Cc1cccc2c(N)c3cccc(C(=O)NCCN4CCOCC4)c3nc12.Cl. The number of rotatable bonds is 4. The number of hydrogen-bond donors (Lipinski definition) is 2.